The second-order valence-electron chi connectivity index (χ2n) is 12.3. The van der Waals surface area contributed by atoms with Crippen LogP contribution in [0, 0.1) is 46.3 Å². The molecule has 0 bridgehead atoms. The van der Waals surface area contributed by atoms with Gasteiger partial charge in [-0.3, -0.25) is 0 Å². The van der Waals surface area contributed by atoms with E-state index in [9.17, 15) is 10.2 Å². The molecule has 0 heterocycles. The molecular weight excluding hydrogens is 368 g/mol. The standard InChI is InChI=1S/C28H46O2/c1-17(2)18(3)7-8-19(4)22-9-10-23-21-16-26(30)25-15-20(29)11-13-28(25,6)24(21)12-14-27(22,23)5/h15,17,19-24,26,29-30H,3,7-14,16H2,1-2,4-6H3/t19-,20+,21?,22-,23?,24?,26-,27-,28-/m1/s1. The van der Waals surface area contributed by atoms with Crippen LogP contribution in [0.4, 0.5) is 0 Å². The summed E-state index contributed by atoms with van der Waals surface area (Å²) < 4.78 is 0. The Hall–Kier alpha value is -0.600. The molecule has 0 spiro atoms. The Morgan fingerprint density at radius 1 is 1.07 bits per heavy atom. The van der Waals surface area contributed by atoms with Crippen LogP contribution in [0.3, 0.4) is 0 Å². The lowest BCUT2D eigenvalue weighted by atomic mass is 9.46. The van der Waals surface area contributed by atoms with E-state index in [1.807, 2.05) is 6.08 Å². The maximum Gasteiger partial charge on any atom is 0.0759 e. The minimum Gasteiger partial charge on any atom is -0.389 e. The van der Waals surface area contributed by atoms with Crippen LogP contribution in [0.5, 0.6) is 0 Å². The first kappa shape index (κ1) is 22.6. The highest BCUT2D eigenvalue weighted by Crippen LogP contribution is 2.67. The van der Waals surface area contributed by atoms with Crippen LogP contribution >= 0.6 is 0 Å². The third-order valence-corrected chi connectivity index (χ3v) is 10.6. The fourth-order valence-corrected chi connectivity index (χ4v) is 8.63. The number of hydrogen-bond acceptors (Lipinski definition) is 2. The first-order valence-corrected chi connectivity index (χ1v) is 12.8. The van der Waals surface area contributed by atoms with Crippen molar-refractivity contribution < 1.29 is 10.2 Å². The fraction of sp³-hybridized carbons (Fsp3) is 0.857. The largest absolute Gasteiger partial charge is 0.389 e. The molecule has 0 aromatic rings. The second kappa shape index (κ2) is 8.07. The Morgan fingerprint density at radius 2 is 1.80 bits per heavy atom. The van der Waals surface area contributed by atoms with Crippen molar-refractivity contribution in [3.63, 3.8) is 0 Å². The van der Waals surface area contributed by atoms with Crippen molar-refractivity contribution in [3.05, 3.63) is 23.8 Å². The fourth-order valence-electron chi connectivity index (χ4n) is 8.63. The van der Waals surface area contributed by atoms with Gasteiger partial charge in [0.1, 0.15) is 0 Å². The molecule has 30 heavy (non-hydrogen) atoms. The monoisotopic (exact) mass is 414 g/mol. The third-order valence-electron chi connectivity index (χ3n) is 10.6. The van der Waals surface area contributed by atoms with Gasteiger partial charge in [-0.2, -0.15) is 0 Å². The Balaban J connectivity index is 1.52. The molecule has 0 aromatic heterocycles. The Morgan fingerprint density at radius 3 is 2.50 bits per heavy atom. The number of aliphatic hydroxyl groups excluding tert-OH is 2. The molecule has 0 saturated heterocycles. The van der Waals surface area contributed by atoms with E-state index in [2.05, 4.69) is 41.2 Å². The van der Waals surface area contributed by atoms with Crippen LogP contribution < -0.4 is 0 Å². The average molecular weight is 415 g/mol. The maximum atomic E-state index is 11.1. The van der Waals surface area contributed by atoms with E-state index in [-0.39, 0.29) is 17.6 Å². The summed E-state index contributed by atoms with van der Waals surface area (Å²) in [5.74, 6) is 4.28. The summed E-state index contributed by atoms with van der Waals surface area (Å²) in [6.07, 6.45) is 12.0. The zero-order valence-corrected chi connectivity index (χ0v) is 20.2. The third kappa shape index (κ3) is 3.54. The van der Waals surface area contributed by atoms with Crippen LogP contribution in [0.1, 0.15) is 92.4 Å². The molecular formula is C28H46O2. The second-order valence-corrected chi connectivity index (χ2v) is 12.3. The summed E-state index contributed by atoms with van der Waals surface area (Å²) in [5.41, 5.74) is 3.11. The number of aliphatic hydroxyl groups is 2. The number of hydrogen-bond donors (Lipinski definition) is 2. The molecule has 3 unspecified atom stereocenters. The van der Waals surface area contributed by atoms with Crippen molar-refractivity contribution in [2.45, 2.75) is 105 Å². The van der Waals surface area contributed by atoms with Gasteiger partial charge < -0.3 is 10.2 Å². The van der Waals surface area contributed by atoms with E-state index in [1.165, 1.54) is 49.7 Å². The molecule has 0 aromatic carbocycles. The van der Waals surface area contributed by atoms with E-state index in [4.69, 9.17) is 0 Å². The predicted molar refractivity (Wildman–Crippen MR) is 125 cm³/mol. The van der Waals surface area contributed by atoms with Gasteiger partial charge in [-0.25, -0.2) is 0 Å². The van der Waals surface area contributed by atoms with Gasteiger partial charge in [0.15, 0.2) is 0 Å². The molecule has 0 amide bonds. The minimum atomic E-state index is -0.356. The first-order chi connectivity index (χ1) is 14.1. The van der Waals surface area contributed by atoms with Crippen molar-refractivity contribution in [2.75, 3.05) is 0 Å². The lowest BCUT2D eigenvalue weighted by molar-refractivity contribution is -0.0873. The van der Waals surface area contributed by atoms with Gasteiger partial charge in [-0.1, -0.05) is 52.8 Å². The predicted octanol–water partition coefficient (Wildman–Crippen LogP) is 6.53. The molecule has 2 heteroatoms. The normalized spacial score (nSPS) is 46.6. The van der Waals surface area contributed by atoms with Crippen LogP contribution in [0.25, 0.3) is 0 Å². The molecule has 0 radical (unpaired) electrons. The molecule has 2 nitrogen and oxygen atoms in total. The maximum absolute atomic E-state index is 11.1. The SMILES string of the molecule is C=C(CC[C@@H](C)[C@H]1CCC2C3C[C@@H](O)C4=C[C@@H](O)CC[C@]4(C)C3CC[C@@]21C)C(C)C. The average Bonchev–Trinajstić information content (AvgIpc) is 3.04. The van der Waals surface area contributed by atoms with Crippen molar-refractivity contribution in [3.8, 4) is 0 Å². The topological polar surface area (TPSA) is 40.5 Å². The van der Waals surface area contributed by atoms with Gasteiger partial charge >= 0.3 is 0 Å². The van der Waals surface area contributed by atoms with Crippen molar-refractivity contribution in [2.24, 2.45) is 46.3 Å². The van der Waals surface area contributed by atoms with Crippen molar-refractivity contribution >= 4 is 0 Å². The number of rotatable bonds is 5. The summed E-state index contributed by atoms with van der Waals surface area (Å²) in [7, 11) is 0. The zero-order valence-electron chi connectivity index (χ0n) is 20.2. The summed E-state index contributed by atoms with van der Waals surface area (Å²) in [5, 5.41) is 21.3. The molecule has 4 aliphatic carbocycles. The minimum absolute atomic E-state index is 0.0988. The number of allylic oxidation sites excluding steroid dienone is 1. The summed E-state index contributed by atoms with van der Waals surface area (Å²) in [6, 6.07) is 0. The van der Waals surface area contributed by atoms with Crippen LogP contribution in [-0.2, 0) is 0 Å². The van der Waals surface area contributed by atoms with E-state index in [0.29, 0.717) is 23.2 Å². The Bertz CT molecular complexity index is 693. The molecule has 2 N–H and O–H groups in total. The van der Waals surface area contributed by atoms with E-state index in [0.717, 1.165) is 37.0 Å². The van der Waals surface area contributed by atoms with E-state index < -0.39 is 0 Å². The van der Waals surface area contributed by atoms with Gasteiger partial charge in [0.05, 0.1) is 12.2 Å². The van der Waals surface area contributed by atoms with Gasteiger partial charge in [0.25, 0.3) is 0 Å². The zero-order chi connectivity index (χ0) is 21.8. The molecule has 9 atom stereocenters. The highest BCUT2D eigenvalue weighted by atomic mass is 16.3. The molecule has 0 aliphatic heterocycles. The van der Waals surface area contributed by atoms with Gasteiger partial charge in [-0.05, 0) is 110 Å². The lowest BCUT2D eigenvalue weighted by Gasteiger charge is -2.60. The van der Waals surface area contributed by atoms with Crippen LogP contribution in [0.2, 0.25) is 0 Å². The quantitative estimate of drug-likeness (QED) is 0.502. The molecule has 4 aliphatic rings. The number of fused-ring (bicyclic) bond motifs is 5. The van der Waals surface area contributed by atoms with Crippen LogP contribution in [-0.4, -0.2) is 22.4 Å². The van der Waals surface area contributed by atoms with Crippen molar-refractivity contribution in [1.82, 2.24) is 0 Å². The van der Waals surface area contributed by atoms with Gasteiger partial charge in [-0.15, -0.1) is 0 Å². The summed E-state index contributed by atoms with van der Waals surface area (Å²) in [6.45, 7) is 16.4. The molecule has 170 valence electrons. The van der Waals surface area contributed by atoms with E-state index in [1.54, 1.807) is 0 Å². The Labute approximate surface area is 185 Å². The molecule has 3 fully saturated rings. The highest BCUT2D eigenvalue weighted by molar-refractivity contribution is 5.29. The first-order valence-electron chi connectivity index (χ1n) is 12.8. The van der Waals surface area contributed by atoms with Gasteiger partial charge in [0, 0.05) is 0 Å². The summed E-state index contributed by atoms with van der Waals surface area (Å²) >= 11 is 0. The summed E-state index contributed by atoms with van der Waals surface area (Å²) in [4.78, 5) is 0. The van der Waals surface area contributed by atoms with Crippen molar-refractivity contribution in [1.29, 1.82) is 0 Å². The molecule has 4 rings (SSSR count). The smallest absolute Gasteiger partial charge is 0.0759 e. The molecule has 3 saturated carbocycles. The van der Waals surface area contributed by atoms with Gasteiger partial charge in [0.2, 0.25) is 0 Å². The lowest BCUT2D eigenvalue weighted by Crippen LogP contribution is -2.54. The van der Waals surface area contributed by atoms with E-state index >= 15 is 0 Å². The van der Waals surface area contributed by atoms with Crippen LogP contribution in [0.15, 0.2) is 23.8 Å². The highest BCUT2D eigenvalue weighted by Gasteiger charge is 2.60. The Kier molecular flexibility index (Phi) is 6.08.